The SMILES string of the molecule is CCNC(=NCCCN(C)S(=O)(=O)CC)NCCOCCC(C)C. The highest BCUT2D eigenvalue weighted by molar-refractivity contribution is 7.89. The molecule has 0 unspecified atom stereocenters. The summed E-state index contributed by atoms with van der Waals surface area (Å²) in [5.41, 5.74) is 0. The molecule has 0 saturated heterocycles. The third-order valence-corrected chi connectivity index (χ3v) is 5.33. The maximum Gasteiger partial charge on any atom is 0.213 e. The Bertz CT molecular complexity index is 439. The Morgan fingerprint density at radius 3 is 2.50 bits per heavy atom. The largest absolute Gasteiger partial charge is 0.380 e. The molecule has 0 heterocycles. The highest BCUT2D eigenvalue weighted by Gasteiger charge is 2.13. The van der Waals surface area contributed by atoms with Crippen LogP contribution in [0.3, 0.4) is 0 Å². The van der Waals surface area contributed by atoms with Crippen LogP contribution in [0, 0.1) is 5.92 Å². The zero-order valence-electron chi connectivity index (χ0n) is 16.0. The molecule has 0 aromatic carbocycles. The van der Waals surface area contributed by atoms with E-state index in [0.717, 1.165) is 25.5 Å². The maximum absolute atomic E-state index is 11.7. The van der Waals surface area contributed by atoms with E-state index in [-0.39, 0.29) is 5.75 Å². The zero-order valence-corrected chi connectivity index (χ0v) is 16.8. The molecule has 0 bridgehead atoms. The van der Waals surface area contributed by atoms with Crippen molar-refractivity contribution >= 4 is 16.0 Å². The summed E-state index contributed by atoms with van der Waals surface area (Å²) in [4.78, 5) is 4.46. The fourth-order valence-corrected chi connectivity index (χ4v) is 2.70. The number of hydrogen-bond donors (Lipinski definition) is 2. The number of sulfonamides is 1. The minimum atomic E-state index is -3.10. The molecule has 0 saturated carbocycles. The molecule has 0 amide bonds. The Morgan fingerprint density at radius 2 is 1.92 bits per heavy atom. The van der Waals surface area contributed by atoms with Crippen LogP contribution < -0.4 is 10.6 Å². The van der Waals surface area contributed by atoms with Gasteiger partial charge in [0.15, 0.2) is 5.96 Å². The Hall–Kier alpha value is -0.860. The van der Waals surface area contributed by atoms with E-state index in [2.05, 4.69) is 29.5 Å². The van der Waals surface area contributed by atoms with Crippen LogP contribution in [0.2, 0.25) is 0 Å². The molecule has 0 radical (unpaired) electrons. The first-order valence-corrected chi connectivity index (χ1v) is 10.5. The number of aliphatic imine (C=N–C) groups is 1. The molecule has 0 aliphatic carbocycles. The fourth-order valence-electron chi connectivity index (χ4n) is 1.85. The van der Waals surface area contributed by atoms with Crippen LogP contribution in [0.1, 0.15) is 40.5 Å². The van der Waals surface area contributed by atoms with Crippen molar-refractivity contribution in [3.8, 4) is 0 Å². The number of rotatable bonds is 13. The third-order valence-electron chi connectivity index (χ3n) is 3.46. The van der Waals surface area contributed by atoms with Crippen LogP contribution in [0.25, 0.3) is 0 Å². The molecule has 144 valence electrons. The zero-order chi connectivity index (χ0) is 18.4. The lowest BCUT2D eigenvalue weighted by atomic mass is 10.1. The van der Waals surface area contributed by atoms with Gasteiger partial charge >= 0.3 is 0 Å². The second-order valence-corrected chi connectivity index (χ2v) is 8.42. The van der Waals surface area contributed by atoms with Crippen molar-refractivity contribution in [3.05, 3.63) is 0 Å². The smallest absolute Gasteiger partial charge is 0.213 e. The van der Waals surface area contributed by atoms with Gasteiger partial charge in [-0.1, -0.05) is 13.8 Å². The minimum Gasteiger partial charge on any atom is -0.380 e. The van der Waals surface area contributed by atoms with E-state index in [9.17, 15) is 8.42 Å². The first-order valence-electron chi connectivity index (χ1n) is 8.87. The molecule has 0 aliphatic rings. The van der Waals surface area contributed by atoms with E-state index < -0.39 is 10.0 Å². The third kappa shape index (κ3) is 11.6. The number of nitrogens with one attached hydrogen (secondary N) is 2. The molecule has 2 N–H and O–H groups in total. The lowest BCUT2D eigenvalue weighted by Crippen LogP contribution is -2.39. The summed E-state index contributed by atoms with van der Waals surface area (Å²) in [5.74, 6) is 1.53. The molecule has 0 spiro atoms. The van der Waals surface area contributed by atoms with Crippen LogP contribution in [0.4, 0.5) is 0 Å². The van der Waals surface area contributed by atoms with Gasteiger partial charge in [0.25, 0.3) is 0 Å². The highest BCUT2D eigenvalue weighted by atomic mass is 32.2. The minimum absolute atomic E-state index is 0.133. The van der Waals surface area contributed by atoms with Crippen molar-refractivity contribution < 1.29 is 13.2 Å². The summed E-state index contributed by atoms with van der Waals surface area (Å²) >= 11 is 0. The number of hydrogen-bond acceptors (Lipinski definition) is 4. The average molecular weight is 365 g/mol. The molecule has 0 atom stereocenters. The standard InChI is InChI=1S/C16H36N4O3S/c1-6-17-16(19-11-14-23-13-9-15(3)4)18-10-8-12-20(5)24(21,22)7-2/h15H,6-14H2,1-5H3,(H2,17,18,19). The van der Waals surface area contributed by atoms with Crippen LogP contribution in [0.15, 0.2) is 4.99 Å². The van der Waals surface area contributed by atoms with Gasteiger partial charge in [-0.25, -0.2) is 12.7 Å². The van der Waals surface area contributed by atoms with E-state index >= 15 is 0 Å². The van der Waals surface area contributed by atoms with Crippen LogP contribution in [-0.4, -0.2) is 70.9 Å². The first-order chi connectivity index (χ1) is 11.3. The van der Waals surface area contributed by atoms with Gasteiger partial charge in [-0.05, 0) is 32.6 Å². The van der Waals surface area contributed by atoms with Crippen molar-refractivity contribution in [2.75, 3.05) is 52.2 Å². The van der Waals surface area contributed by atoms with E-state index in [1.54, 1.807) is 14.0 Å². The van der Waals surface area contributed by atoms with Crippen molar-refractivity contribution in [3.63, 3.8) is 0 Å². The van der Waals surface area contributed by atoms with Gasteiger partial charge in [0.05, 0.1) is 12.4 Å². The summed E-state index contributed by atoms with van der Waals surface area (Å²) < 4.78 is 30.3. The average Bonchev–Trinajstić information content (AvgIpc) is 2.53. The van der Waals surface area contributed by atoms with E-state index in [4.69, 9.17) is 4.74 Å². The van der Waals surface area contributed by atoms with Crippen LogP contribution in [0.5, 0.6) is 0 Å². The predicted molar refractivity (Wildman–Crippen MR) is 101 cm³/mol. The summed E-state index contributed by atoms with van der Waals surface area (Å²) in [6, 6.07) is 0. The van der Waals surface area contributed by atoms with Crippen molar-refractivity contribution in [1.29, 1.82) is 0 Å². The lowest BCUT2D eigenvalue weighted by Gasteiger charge is -2.15. The topological polar surface area (TPSA) is 83.0 Å². The molecule has 24 heavy (non-hydrogen) atoms. The van der Waals surface area contributed by atoms with Crippen LogP contribution >= 0.6 is 0 Å². The van der Waals surface area contributed by atoms with Gasteiger partial charge in [0, 0.05) is 39.8 Å². The van der Waals surface area contributed by atoms with Crippen molar-refractivity contribution in [2.24, 2.45) is 10.9 Å². The van der Waals surface area contributed by atoms with E-state index in [0.29, 0.717) is 38.6 Å². The van der Waals surface area contributed by atoms with Gasteiger partial charge in [-0.3, -0.25) is 4.99 Å². The fraction of sp³-hybridized carbons (Fsp3) is 0.938. The van der Waals surface area contributed by atoms with E-state index in [1.165, 1.54) is 4.31 Å². The molecule has 0 fully saturated rings. The first kappa shape index (κ1) is 23.1. The lowest BCUT2D eigenvalue weighted by molar-refractivity contribution is 0.128. The molecular weight excluding hydrogens is 328 g/mol. The quantitative estimate of drug-likeness (QED) is 0.292. The summed E-state index contributed by atoms with van der Waals surface area (Å²) in [6.07, 6.45) is 1.76. The summed E-state index contributed by atoms with van der Waals surface area (Å²) in [7, 11) is -1.49. The molecular formula is C16H36N4O3S. The predicted octanol–water partition coefficient (Wildman–Crippen LogP) is 1.28. The second-order valence-electron chi connectivity index (χ2n) is 6.06. The normalized spacial score (nSPS) is 12.9. The maximum atomic E-state index is 11.7. The Morgan fingerprint density at radius 1 is 1.21 bits per heavy atom. The Balaban J connectivity index is 4.02. The molecule has 7 nitrogen and oxygen atoms in total. The van der Waals surface area contributed by atoms with Crippen LogP contribution in [-0.2, 0) is 14.8 Å². The van der Waals surface area contributed by atoms with Gasteiger partial charge in [-0.2, -0.15) is 0 Å². The van der Waals surface area contributed by atoms with Gasteiger partial charge in [-0.15, -0.1) is 0 Å². The van der Waals surface area contributed by atoms with Gasteiger partial charge in [0.1, 0.15) is 0 Å². The van der Waals surface area contributed by atoms with Crippen molar-refractivity contribution in [1.82, 2.24) is 14.9 Å². The number of nitrogens with zero attached hydrogens (tertiary/aromatic N) is 2. The van der Waals surface area contributed by atoms with Gasteiger partial charge < -0.3 is 15.4 Å². The number of ether oxygens (including phenoxy) is 1. The summed E-state index contributed by atoms with van der Waals surface area (Å²) in [6.45, 7) is 12.0. The molecule has 0 rings (SSSR count). The number of guanidine groups is 1. The van der Waals surface area contributed by atoms with E-state index in [1.807, 2.05) is 6.92 Å². The molecule has 0 aromatic heterocycles. The molecule has 0 aromatic rings. The molecule has 0 aliphatic heterocycles. The summed E-state index contributed by atoms with van der Waals surface area (Å²) in [5, 5.41) is 6.39. The van der Waals surface area contributed by atoms with Crippen molar-refractivity contribution in [2.45, 2.75) is 40.5 Å². The Kier molecular flexibility index (Phi) is 13.0. The Labute approximate surface area is 148 Å². The second kappa shape index (κ2) is 13.4. The molecule has 8 heteroatoms. The van der Waals surface area contributed by atoms with Gasteiger partial charge in [0.2, 0.25) is 10.0 Å². The monoisotopic (exact) mass is 364 g/mol. The highest BCUT2D eigenvalue weighted by Crippen LogP contribution is 1.99.